The van der Waals surface area contributed by atoms with Crippen molar-refractivity contribution in [3.8, 4) is 0 Å². The molecule has 106 valence electrons. The number of H-pyrrole nitrogens is 1. The number of nitrogens with two attached hydrogens (primary N) is 1. The Bertz CT molecular complexity index is 635. The monoisotopic (exact) mass is 272 g/mol. The second kappa shape index (κ2) is 5.53. The largest absolute Gasteiger partial charge is 0.369 e. The lowest BCUT2D eigenvalue weighted by molar-refractivity contribution is -0.122. The highest BCUT2D eigenvalue weighted by atomic mass is 16.1. The van der Waals surface area contributed by atoms with Crippen molar-refractivity contribution in [3.63, 3.8) is 0 Å². The molecule has 20 heavy (non-hydrogen) atoms. The van der Waals surface area contributed by atoms with Crippen molar-refractivity contribution in [1.82, 2.24) is 10.2 Å². The van der Waals surface area contributed by atoms with Gasteiger partial charge in [0.1, 0.15) is 0 Å². The van der Waals surface area contributed by atoms with Gasteiger partial charge in [0, 0.05) is 24.2 Å². The van der Waals surface area contributed by atoms with E-state index in [-0.39, 0.29) is 11.8 Å². The Kier molecular flexibility index (Phi) is 3.58. The third-order valence-corrected chi connectivity index (χ3v) is 4.09. The van der Waals surface area contributed by atoms with Crippen LogP contribution in [0.4, 0.5) is 5.82 Å². The van der Waals surface area contributed by atoms with Crippen molar-refractivity contribution >= 4 is 23.9 Å². The van der Waals surface area contributed by atoms with E-state index in [1.54, 1.807) is 0 Å². The molecule has 0 atom stereocenters. The topological polar surface area (TPSA) is 75.0 Å². The molecule has 0 saturated carbocycles. The molecule has 0 bridgehead atoms. The number of nitrogens with zero attached hydrogens (tertiary/aromatic N) is 2. The zero-order valence-corrected chi connectivity index (χ0v) is 11.5. The van der Waals surface area contributed by atoms with Crippen LogP contribution in [0.25, 0.3) is 12.2 Å². The van der Waals surface area contributed by atoms with Gasteiger partial charge in [0.05, 0.1) is 5.35 Å². The Morgan fingerprint density at radius 2 is 2.15 bits per heavy atom. The summed E-state index contributed by atoms with van der Waals surface area (Å²) < 4.78 is 0. The molecular formula is C15H20N4O. The number of aromatic amines is 1. The highest BCUT2D eigenvalue weighted by Crippen LogP contribution is 2.19. The van der Waals surface area contributed by atoms with Crippen LogP contribution in [0.15, 0.2) is 12.2 Å². The van der Waals surface area contributed by atoms with Crippen LogP contribution in [0.5, 0.6) is 0 Å². The van der Waals surface area contributed by atoms with Gasteiger partial charge >= 0.3 is 0 Å². The molecule has 2 aliphatic rings. The second-order valence-corrected chi connectivity index (χ2v) is 5.41. The number of allylic oxidation sites excluding steroid dienone is 2. The van der Waals surface area contributed by atoms with Crippen LogP contribution in [-0.2, 0) is 4.79 Å². The summed E-state index contributed by atoms with van der Waals surface area (Å²) in [5.74, 6) is 0.831. The lowest BCUT2D eigenvalue weighted by Gasteiger charge is -2.30. The van der Waals surface area contributed by atoms with Gasteiger partial charge in [-0.2, -0.15) is 5.10 Å². The maximum atomic E-state index is 11.2. The molecule has 0 radical (unpaired) electrons. The van der Waals surface area contributed by atoms with Gasteiger partial charge in [0.2, 0.25) is 5.91 Å². The van der Waals surface area contributed by atoms with E-state index in [0.29, 0.717) is 0 Å². The number of aromatic nitrogens is 2. The summed E-state index contributed by atoms with van der Waals surface area (Å²) in [6.45, 7) is 1.67. The van der Waals surface area contributed by atoms with E-state index in [1.807, 2.05) is 0 Å². The summed E-state index contributed by atoms with van der Waals surface area (Å²) >= 11 is 0. The van der Waals surface area contributed by atoms with Gasteiger partial charge in [-0.1, -0.05) is 18.2 Å². The van der Waals surface area contributed by atoms with Crippen LogP contribution >= 0.6 is 0 Å². The first-order valence-electron chi connectivity index (χ1n) is 7.21. The number of piperidine rings is 1. The number of carbonyl (C=O) groups excluding carboxylic acids is 1. The molecule has 1 amide bonds. The predicted molar refractivity (Wildman–Crippen MR) is 79.3 cm³/mol. The lowest BCUT2D eigenvalue weighted by atomic mass is 9.96. The number of carbonyl (C=O) groups is 1. The molecule has 5 heteroatoms. The SMILES string of the molecule is NC(=O)C1CCN(c2n[nH]c3c2=CC=CCCC=3)CC1. The molecule has 5 nitrogen and oxygen atoms in total. The molecule has 2 heterocycles. The molecular weight excluding hydrogens is 252 g/mol. The van der Waals surface area contributed by atoms with Crippen molar-refractivity contribution in [1.29, 1.82) is 0 Å². The van der Waals surface area contributed by atoms with Crippen LogP contribution in [0, 0.1) is 5.92 Å². The van der Waals surface area contributed by atoms with Crippen molar-refractivity contribution < 1.29 is 4.79 Å². The minimum atomic E-state index is -0.176. The first-order valence-corrected chi connectivity index (χ1v) is 7.21. The molecule has 0 aromatic carbocycles. The van der Waals surface area contributed by atoms with Gasteiger partial charge in [-0.25, -0.2) is 0 Å². The van der Waals surface area contributed by atoms with E-state index >= 15 is 0 Å². The van der Waals surface area contributed by atoms with Gasteiger partial charge in [0.15, 0.2) is 5.82 Å². The fourth-order valence-electron chi connectivity index (χ4n) is 2.88. The predicted octanol–water partition coefficient (Wildman–Crippen LogP) is 0.0224. The summed E-state index contributed by atoms with van der Waals surface area (Å²) in [5.41, 5.74) is 5.38. The summed E-state index contributed by atoms with van der Waals surface area (Å²) in [5, 5.41) is 9.83. The van der Waals surface area contributed by atoms with Crippen LogP contribution in [0.1, 0.15) is 25.7 Å². The molecule has 1 fully saturated rings. The summed E-state index contributed by atoms with van der Waals surface area (Å²) in [4.78, 5) is 13.5. The number of rotatable bonds is 2. The number of hydrogen-bond donors (Lipinski definition) is 2. The zero-order chi connectivity index (χ0) is 13.9. The van der Waals surface area contributed by atoms with E-state index in [2.05, 4.69) is 39.4 Å². The molecule has 3 rings (SSSR count). The van der Waals surface area contributed by atoms with Gasteiger partial charge < -0.3 is 10.6 Å². The Morgan fingerprint density at radius 1 is 1.35 bits per heavy atom. The Morgan fingerprint density at radius 3 is 2.90 bits per heavy atom. The van der Waals surface area contributed by atoms with E-state index < -0.39 is 0 Å². The zero-order valence-electron chi connectivity index (χ0n) is 11.5. The molecule has 1 aromatic rings. The van der Waals surface area contributed by atoms with E-state index in [0.717, 1.165) is 55.2 Å². The van der Waals surface area contributed by atoms with E-state index in [1.165, 1.54) is 0 Å². The minimum absolute atomic E-state index is 0.0161. The summed E-state index contributed by atoms with van der Waals surface area (Å²) in [7, 11) is 0. The third-order valence-electron chi connectivity index (χ3n) is 4.09. The molecule has 1 aromatic heterocycles. The number of anilines is 1. The van der Waals surface area contributed by atoms with Gasteiger partial charge in [-0.15, -0.1) is 0 Å². The highest BCUT2D eigenvalue weighted by molar-refractivity contribution is 5.77. The van der Waals surface area contributed by atoms with E-state index in [4.69, 9.17) is 5.73 Å². The van der Waals surface area contributed by atoms with Gasteiger partial charge in [-0.05, 0) is 31.8 Å². The van der Waals surface area contributed by atoms with Crippen LogP contribution in [-0.4, -0.2) is 29.2 Å². The van der Waals surface area contributed by atoms with Crippen LogP contribution in [0.2, 0.25) is 0 Å². The Balaban J connectivity index is 1.87. The second-order valence-electron chi connectivity index (χ2n) is 5.41. The highest BCUT2D eigenvalue weighted by Gasteiger charge is 2.24. The van der Waals surface area contributed by atoms with E-state index in [9.17, 15) is 4.79 Å². The van der Waals surface area contributed by atoms with Gasteiger partial charge in [0.25, 0.3) is 0 Å². The van der Waals surface area contributed by atoms with Crippen LogP contribution < -0.4 is 21.2 Å². The maximum absolute atomic E-state index is 11.2. The van der Waals surface area contributed by atoms with Gasteiger partial charge in [-0.3, -0.25) is 9.89 Å². The number of nitrogens with one attached hydrogen (secondary N) is 1. The average molecular weight is 272 g/mol. The average Bonchev–Trinajstić information content (AvgIpc) is 2.80. The quantitative estimate of drug-likeness (QED) is 0.797. The van der Waals surface area contributed by atoms with Crippen molar-refractivity contribution in [2.75, 3.05) is 18.0 Å². The summed E-state index contributed by atoms with van der Waals surface area (Å²) in [6.07, 6.45) is 12.3. The molecule has 3 N–H and O–H groups in total. The Labute approximate surface area is 117 Å². The standard InChI is InChI=1S/C15H20N4O/c16-14(20)11-7-9-19(10-8-11)15-12-5-3-1-2-4-6-13(12)17-18-15/h1,3,5-6,11,17H,2,4,7-10H2,(H2,16,20). The number of fused-ring (bicyclic) bond motifs is 1. The number of hydrogen-bond acceptors (Lipinski definition) is 3. The van der Waals surface area contributed by atoms with Crippen molar-refractivity contribution in [3.05, 3.63) is 22.7 Å². The fourth-order valence-corrected chi connectivity index (χ4v) is 2.88. The molecule has 1 aliphatic carbocycles. The molecule has 1 saturated heterocycles. The molecule has 0 unspecified atom stereocenters. The molecule has 0 spiro atoms. The smallest absolute Gasteiger partial charge is 0.220 e. The third kappa shape index (κ3) is 2.48. The minimum Gasteiger partial charge on any atom is -0.369 e. The van der Waals surface area contributed by atoms with Crippen molar-refractivity contribution in [2.24, 2.45) is 11.7 Å². The number of amides is 1. The first kappa shape index (κ1) is 13.0. The number of primary amides is 1. The maximum Gasteiger partial charge on any atom is 0.220 e. The summed E-state index contributed by atoms with van der Waals surface area (Å²) in [6, 6.07) is 0. The Hall–Kier alpha value is -2.04. The van der Waals surface area contributed by atoms with Crippen LogP contribution in [0.3, 0.4) is 0 Å². The first-order chi connectivity index (χ1) is 9.75. The fraction of sp³-hybridized carbons (Fsp3) is 0.467. The van der Waals surface area contributed by atoms with Crippen molar-refractivity contribution in [2.45, 2.75) is 25.7 Å². The lowest BCUT2D eigenvalue weighted by Crippen LogP contribution is -2.41. The molecule has 1 aliphatic heterocycles. The normalized spacial score (nSPS) is 19.5.